The molecule has 122 valence electrons. The number of hydrogen-bond donors (Lipinski definition) is 1. The third kappa shape index (κ3) is 6.66. The van der Waals surface area contributed by atoms with E-state index in [0.717, 1.165) is 0 Å². The van der Waals surface area contributed by atoms with Crippen molar-refractivity contribution in [2.24, 2.45) is 0 Å². The molecule has 0 fully saturated rings. The van der Waals surface area contributed by atoms with Crippen LogP contribution in [-0.2, 0) is 14.3 Å². The van der Waals surface area contributed by atoms with Crippen molar-refractivity contribution in [3.63, 3.8) is 0 Å². The molecule has 23 heavy (non-hydrogen) atoms. The van der Waals surface area contributed by atoms with Crippen LogP contribution in [0.4, 0.5) is 0 Å². The summed E-state index contributed by atoms with van der Waals surface area (Å²) >= 11 is 0. The maximum atomic E-state index is 11.8. The van der Waals surface area contributed by atoms with Crippen molar-refractivity contribution in [3.05, 3.63) is 35.4 Å². The fourth-order valence-electron chi connectivity index (χ4n) is 1.70. The van der Waals surface area contributed by atoms with Crippen molar-refractivity contribution in [2.45, 2.75) is 26.8 Å². The minimum Gasteiger partial charge on any atom is -0.494 e. The van der Waals surface area contributed by atoms with Crippen LogP contribution in [0.1, 0.15) is 26.3 Å². The monoisotopic (exact) mass is 316 g/mol. The van der Waals surface area contributed by atoms with E-state index in [4.69, 9.17) is 14.7 Å². The summed E-state index contributed by atoms with van der Waals surface area (Å²) in [6, 6.07) is 8.66. The van der Waals surface area contributed by atoms with Crippen LogP contribution in [-0.4, -0.2) is 31.1 Å². The van der Waals surface area contributed by atoms with Gasteiger partial charge in [-0.05, 0) is 44.5 Å². The zero-order valence-electron chi connectivity index (χ0n) is 13.5. The highest BCUT2D eigenvalue weighted by molar-refractivity contribution is 5.98. The van der Waals surface area contributed by atoms with Crippen LogP contribution < -0.4 is 10.1 Å². The van der Waals surface area contributed by atoms with Gasteiger partial charge in [-0.1, -0.05) is 12.1 Å². The van der Waals surface area contributed by atoms with Crippen LogP contribution in [0.5, 0.6) is 5.75 Å². The second kappa shape index (κ2) is 9.26. The SMILES string of the molecule is CCOc1ccc(/C=C(\C#N)C(=O)OCC(=O)NC(C)C)cc1. The molecule has 0 radical (unpaired) electrons. The molecular formula is C17H20N2O4. The topological polar surface area (TPSA) is 88.4 Å². The summed E-state index contributed by atoms with van der Waals surface area (Å²) < 4.78 is 10.1. The van der Waals surface area contributed by atoms with Crippen LogP contribution >= 0.6 is 0 Å². The minimum atomic E-state index is -0.833. The number of amides is 1. The molecule has 1 rings (SSSR count). The fourth-order valence-corrected chi connectivity index (χ4v) is 1.70. The number of hydrogen-bond acceptors (Lipinski definition) is 5. The number of rotatable bonds is 7. The van der Waals surface area contributed by atoms with Crippen LogP contribution in [0.3, 0.4) is 0 Å². The number of esters is 1. The molecule has 1 aromatic rings. The standard InChI is InChI=1S/C17H20N2O4/c1-4-22-15-7-5-13(6-8-15)9-14(10-18)17(21)23-11-16(20)19-12(2)3/h5-9,12H,4,11H2,1-3H3,(H,19,20)/b14-9+. The Morgan fingerprint density at radius 2 is 1.96 bits per heavy atom. The molecule has 0 aromatic heterocycles. The quantitative estimate of drug-likeness (QED) is 0.472. The smallest absolute Gasteiger partial charge is 0.349 e. The fraction of sp³-hybridized carbons (Fsp3) is 0.353. The van der Waals surface area contributed by atoms with Gasteiger partial charge in [0.2, 0.25) is 0 Å². The van der Waals surface area contributed by atoms with Crippen molar-refractivity contribution in [1.29, 1.82) is 5.26 Å². The Bertz CT molecular complexity index is 612. The second-order valence-corrected chi connectivity index (χ2v) is 4.97. The van der Waals surface area contributed by atoms with Gasteiger partial charge in [-0.25, -0.2) is 4.79 Å². The molecular weight excluding hydrogens is 296 g/mol. The van der Waals surface area contributed by atoms with E-state index in [9.17, 15) is 9.59 Å². The molecule has 0 aliphatic carbocycles. The van der Waals surface area contributed by atoms with Crippen LogP contribution in [0.15, 0.2) is 29.8 Å². The Hall–Kier alpha value is -2.81. The second-order valence-electron chi connectivity index (χ2n) is 4.97. The molecule has 0 unspecified atom stereocenters. The summed E-state index contributed by atoms with van der Waals surface area (Å²) in [4.78, 5) is 23.2. The minimum absolute atomic E-state index is 0.0453. The molecule has 6 heteroatoms. The first-order valence-electron chi connectivity index (χ1n) is 7.27. The lowest BCUT2D eigenvalue weighted by molar-refractivity contribution is -0.144. The molecule has 0 saturated carbocycles. The number of nitrogens with zero attached hydrogens (tertiary/aromatic N) is 1. The van der Waals surface area contributed by atoms with Gasteiger partial charge < -0.3 is 14.8 Å². The highest BCUT2D eigenvalue weighted by atomic mass is 16.5. The van der Waals surface area contributed by atoms with Crippen LogP contribution in [0, 0.1) is 11.3 Å². The highest BCUT2D eigenvalue weighted by Gasteiger charge is 2.13. The molecule has 1 N–H and O–H groups in total. The number of ether oxygens (including phenoxy) is 2. The van der Waals surface area contributed by atoms with Crippen molar-refractivity contribution < 1.29 is 19.1 Å². The van der Waals surface area contributed by atoms with E-state index in [0.29, 0.717) is 17.9 Å². The predicted octanol–water partition coefficient (Wildman–Crippen LogP) is 2.06. The zero-order valence-corrected chi connectivity index (χ0v) is 13.5. The zero-order chi connectivity index (χ0) is 17.2. The van der Waals surface area contributed by atoms with Crippen molar-refractivity contribution in [2.75, 3.05) is 13.2 Å². The van der Waals surface area contributed by atoms with Crippen molar-refractivity contribution >= 4 is 18.0 Å². The van der Waals surface area contributed by atoms with Gasteiger partial charge >= 0.3 is 5.97 Å². The summed E-state index contributed by atoms with van der Waals surface area (Å²) in [6.45, 7) is 5.62. The molecule has 1 aromatic carbocycles. The first kappa shape index (κ1) is 18.2. The molecule has 1 amide bonds. The van der Waals surface area contributed by atoms with E-state index in [1.807, 2.05) is 6.92 Å². The average Bonchev–Trinajstić information content (AvgIpc) is 2.51. The van der Waals surface area contributed by atoms with E-state index < -0.39 is 18.5 Å². The molecule has 6 nitrogen and oxygen atoms in total. The van der Waals surface area contributed by atoms with Gasteiger partial charge in [0.25, 0.3) is 5.91 Å². The predicted molar refractivity (Wildman–Crippen MR) is 85.4 cm³/mol. The number of nitriles is 1. The first-order chi connectivity index (χ1) is 11.0. The normalized spacial score (nSPS) is 10.8. The Labute approximate surface area is 135 Å². The molecule has 0 spiro atoms. The van der Waals surface area contributed by atoms with Gasteiger partial charge in [0.1, 0.15) is 17.4 Å². The van der Waals surface area contributed by atoms with E-state index >= 15 is 0 Å². The van der Waals surface area contributed by atoms with Gasteiger partial charge in [-0.15, -0.1) is 0 Å². The molecule has 0 bridgehead atoms. The number of carbonyl (C=O) groups excluding carboxylic acids is 2. The Morgan fingerprint density at radius 1 is 1.30 bits per heavy atom. The highest BCUT2D eigenvalue weighted by Crippen LogP contribution is 2.14. The van der Waals surface area contributed by atoms with E-state index in [2.05, 4.69) is 5.32 Å². The number of nitrogens with one attached hydrogen (secondary N) is 1. The third-order valence-electron chi connectivity index (χ3n) is 2.63. The number of benzene rings is 1. The van der Waals surface area contributed by atoms with E-state index in [1.54, 1.807) is 44.2 Å². The Morgan fingerprint density at radius 3 is 2.48 bits per heavy atom. The molecule has 0 atom stereocenters. The molecule has 0 aliphatic rings. The molecule has 0 saturated heterocycles. The molecule has 0 heterocycles. The lowest BCUT2D eigenvalue weighted by Crippen LogP contribution is -2.34. The van der Waals surface area contributed by atoms with Crippen LogP contribution in [0.25, 0.3) is 6.08 Å². The van der Waals surface area contributed by atoms with Gasteiger partial charge in [0.05, 0.1) is 6.61 Å². The van der Waals surface area contributed by atoms with Gasteiger partial charge in [0.15, 0.2) is 6.61 Å². The lowest BCUT2D eigenvalue weighted by atomic mass is 10.1. The summed E-state index contributed by atoms with van der Waals surface area (Å²) in [6.07, 6.45) is 1.40. The Kier molecular flexibility index (Phi) is 7.34. The van der Waals surface area contributed by atoms with Gasteiger partial charge in [-0.2, -0.15) is 5.26 Å². The summed E-state index contributed by atoms with van der Waals surface area (Å²) in [7, 11) is 0. The lowest BCUT2D eigenvalue weighted by Gasteiger charge is -2.08. The molecule has 0 aliphatic heterocycles. The Balaban J connectivity index is 2.69. The first-order valence-corrected chi connectivity index (χ1v) is 7.27. The average molecular weight is 316 g/mol. The van der Waals surface area contributed by atoms with Crippen molar-refractivity contribution in [3.8, 4) is 11.8 Å². The maximum Gasteiger partial charge on any atom is 0.349 e. The summed E-state index contributed by atoms with van der Waals surface area (Å²) in [5.41, 5.74) is 0.486. The third-order valence-corrected chi connectivity index (χ3v) is 2.63. The van der Waals surface area contributed by atoms with Gasteiger partial charge in [0, 0.05) is 6.04 Å². The number of carbonyl (C=O) groups is 2. The van der Waals surface area contributed by atoms with E-state index in [-0.39, 0.29) is 11.6 Å². The van der Waals surface area contributed by atoms with Crippen LogP contribution in [0.2, 0.25) is 0 Å². The van der Waals surface area contributed by atoms with E-state index in [1.165, 1.54) is 6.08 Å². The van der Waals surface area contributed by atoms with Crippen molar-refractivity contribution in [1.82, 2.24) is 5.32 Å². The summed E-state index contributed by atoms with van der Waals surface area (Å²) in [5, 5.41) is 11.7. The summed E-state index contributed by atoms with van der Waals surface area (Å²) in [5.74, 6) is -0.539. The van der Waals surface area contributed by atoms with Gasteiger partial charge in [-0.3, -0.25) is 4.79 Å². The largest absolute Gasteiger partial charge is 0.494 e. The maximum absolute atomic E-state index is 11.8.